The summed E-state index contributed by atoms with van der Waals surface area (Å²) in [6.07, 6.45) is 11.4. The third-order valence-electron chi connectivity index (χ3n) is 3.51. The molecule has 0 aliphatic heterocycles. The van der Waals surface area contributed by atoms with Crippen molar-refractivity contribution < 1.29 is 0 Å². The number of aromatic nitrogens is 2. The molecular weight excluding hydrogens is 282 g/mol. The summed E-state index contributed by atoms with van der Waals surface area (Å²) in [5.74, 6) is 0. The van der Waals surface area contributed by atoms with E-state index in [0.29, 0.717) is 6.04 Å². The van der Waals surface area contributed by atoms with E-state index >= 15 is 0 Å². The van der Waals surface area contributed by atoms with E-state index in [1.165, 1.54) is 5.56 Å². The molecule has 112 valence electrons. The molecule has 1 N–H and O–H groups in total. The van der Waals surface area contributed by atoms with Gasteiger partial charge in [-0.25, -0.2) is 0 Å². The molecule has 21 heavy (non-hydrogen) atoms. The lowest BCUT2D eigenvalue weighted by Crippen LogP contribution is -2.32. The standard InChI is InChI=1S/C17H22ClN3/c1-2-8-21-16(6-5-14-4-3-9-19-12-14)11-15-7-10-20-13-17(15)18/h3-4,7,9-10,12-13,16,21H,2,5-6,8,11H2,1H3. The normalized spacial score (nSPS) is 12.3. The van der Waals surface area contributed by atoms with Crippen molar-refractivity contribution in [1.82, 2.24) is 15.3 Å². The number of halogens is 1. The summed E-state index contributed by atoms with van der Waals surface area (Å²) in [4.78, 5) is 8.22. The molecule has 1 unspecified atom stereocenters. The summed E-state index contributed by atoms with van der Waals surface area (Å²) < 4.78 is 0. The van der Waals surface area contributed by atoms with Gasteiger partial charge >= 0.3 is 0 Å². The van der Waals surface area contributed by atoms with E-state index in [1.807, 2.05) is 24.5 Å². The molecule has 4 heteroatoms. The quantitative estimate of drug-likeness (QED) is 0.808. The van der Waals surface area contributed by atoms with Crippen molar-refractivity contribution in [3.05, 3.63) is 59.1 Å². The smallest absolute Gasteiger partial charge is 0.0621 e. The Morgan fingerprint density at radius 2 is 2.05 bits per heavy atom. The molecule has 0 amide bonds. The Morgan fingerprint density at radius 1 is 1.19 bits per heavy atom. The Labute approximate surface area is 131 Å². The minimum Gasteiger partial charge on any atom is -0.314 e. The number of nitrogens with one attached hydrogen (secondary N) is 1. The number of pyridine rings is 2. The van der Waals surface area contributed by atoms with E-state index in [4.69, 9.17) is 11.6 Å². The van der Waals surface area contributed by atoms with E-state index in [2.05, 4.69) is 28.3 Å². The van der Waals surface area contributed by atoms with Gasteiger partial charge in [0, 0.05) is 30.8 Å². The maximum atomic E-state index is 6.22. The molecular formula is C17H22ClN3. The van der Waals surface area contributed by atoms with Crippen molar-refractivity contribution in [2.24, 2.45) is 0 Å². The molecule has 2 heterocycles. The second kappa shape index (κ2) is 8.75. The van der Waals surface area contributed by atoms with Crippen LogP contribution in [0.3, 0.4) is 0 Å². The molecule has 0 saturated heterocycles. The molecule has 2 aromatic heterocycles. The van der Waals surface area contributed by atoms with Crippen LogP contribution in [0.5, 0.6) is 0 Å². The first-order valence-corrected chi connectivity index (χ1v) is 7.88. The van der Waals surface area contributed by atoms with E-state index < -0.39 is 0 Å². The minimum absolute atomic E-state index is 0.421. The van der Waals surface area contributed by atoms with Crippen LogP contribution in [0.2, 0.25) is 5.02 Å². The van der Waals surface area contributed by atoms with Gasteiger partial charge in [0.25, 0.3) is 0 Å². The van der Waals surface area contributed by atoms with Gasteiger partial charge in [-0.2, -0.15) is 0 Å². The van der Waals surface area contributed by atoms with Gasteiger partial charge in [0.2, 0.25) is 0 Å². The van der Waals surface area contributed by atoms with Gasteiger partial charge in [-0.05, 0) is 55.5 Å². The summed E-state index contributed by atoms with van der Waals surface area (Å²) in [5.41, 5.74) is 2.44. The van der Waals surface area contributed by atoms with Gasteiger partial charge in [0.15, 0.2) is 0 Å². The van der Waals surface area contributed by atoms with Crippen LogP contribution in [-0.4, -0.2) is 22.6 Å². The maximum absolute atomic E-state index is 6.22. The number of aryl methyl sites for hydroxylation is 1. The van der Waals surface area contributed by atoms with Crippen molar-refractivity contribution in [1.29, 1.82) is 0 Å². The molecule has 3 nitrogen and oxygen atoms in total. The van der Waals surface area contributed by atoms with Crippen molar-refractivity contribution in [2.45, 2.75) is 38.6 Å². The first-order valence-electron chi connectivity index (χ1n) is 7.50. The molecule has 0 aromatic carbocycles. The molecule has 2 rings (SSSR count). The van der Waals surface area contributed by atoms with Crippen molar-refractivity contribution in [2.75, 3.05) is 6.54 Å². The van der Waals surface area contributed by atoms with Crippen LogP contribution in [0.4, 0.5) is 0 Å². The summed E-state index contributed by atoms with van der Waals surface area (Å²) >= 11 is 6.22. The third kappa shape index (κ3) is 5.44. The molecule has 0 bridgehead atoms. The zero-order valence-electron chi connectivity index (χ0n) is 12.4. The lowest BCUT2D eigenvalue weighted by molar-refractivity contribution is 0.477. The fraction of sp³-hybridized carbons (Fsp3) is 0.412. The van der Waals surface area contributed by atoms with Crippen LogP contribution in [0, 0.1) is 0 Å². The number of rotatable bonds is 8. The molecule has 0 aliphatic carbocycles. The molecule has 0 radical (unpaired) electrons. The highest BCUT2D eigenvalue weighted by Crippen LogP contribution is 2.17. The van der Waals surface area contributed by atoms with Gasteiger partial charge in [-0.3, -0.25) is 9.97 Å². The fourth-order valence-electron chi connectivity index (χ4n) is 2.35. The van der Waals surface area contributed by atoms with Crippen LogP contribution in [-0.2, 0) is 12.8 Å². The first kappa shape index (κ1) is 15.9. The van der Waals surface area contributed by atoms with E-state index in [-0.39, 0.29) is 0 Å². The molecule has 2 aromatic rings. The highest BCUT2D eigenvalue weighted by Gasteiger charge is 2.11. The van der Waals surface area contributed by atoms with Crippen LogP contribution in [0.25, 0.3) is 0 Å². The lowest BCUT2D eigenvalue weighted by Gasteiger charge is -2.19. The fourth-order valence-corrected chi connectivity index (χ4v) is 2.54. The predicted octanol–water partition coefficient (Wildman–Crippen LogP) is 3.67. The van der Waals surface area contributed by atoms with Gasteiger partial charge in [0.1, 0.15) is 0 Å². The summed E-state index contributed by atoms with van der Waals surface area (Å²) in [6.45, 7) is 3.21. The van der Waals surface area contributed by atoms with E-state index in [0.717, 1.165) is 42.8 Å². The molecule has 1 atom stereocenters. The topological polar surface area (TPSA) is 37.8 Å². The Kier molecular flexibility index (Phi) is 6.64. The van der Waals surface area contributed by atoms with Gasteiger partial charge in [0.05, 0.1) is 5.02 Å². The van der Waals surface area contributed by atoms with E-state index in [9.17, 15) is 0 Å². The molecule has 0 saturated carbocycles. The number of hydrogen-bond acceptors (Lipinski definition) is 3. The second-order valence-corrected chi connectivity index (χ2v) is 5.63. The molecule has 0 spiro atoms. The zero-order chi connectivity index (χ0) is 14.9. The average molecular weight is 304 g/mol. The summed E-state index contributed by atoms with van der Waals surface area (Å²) in [7, 11) is 0. The Bertz CT molecular complexity index is 531. The minimum atomic E-state index is 0.421. The van der Waals surface area contributed by atoms with Gasteiger partial charge in [-0.15, -0.1) is 0 Å². The predicted molar refractivity (Wildman–Crippen MR) is 87.6 cm³/mol. The SMILES string of the molecule is CCCNC(CCc1cccnc1)Cc1ccncc1Cl. The van der Waals surface area contributed by atoms with Crippen LogP contribution in [0.1, 0.15) is 30.9 Å². The Morgan fingerprint density at radius 3 is 2.76 bits per heavy atom. The van der Waals surface area contributed by atoms with E-state index in [1.54, 1.807) is 12.4 Å². The highest BCUT2D eigenvalue weighted by molar-refractivity contribution is 6.31. The van der Waals surface area contributed by atoms with Gasteiger partial charge < -0.3 is 5.32 Å². The monoisotopic (exact) mass is 303 g/mol. The van der Waals surface area contributed by atoms with Crippen molar-refractivity contribution >= 4 is 11.6 Å². The lowest BCUT2D eigenvalue weighted by atomic mass is 10.00. The second-order valence-electron chi connectivity index (χ2n) is 5.22. The van der Waals surface area contributed by atoms with Crippen LogP contribution < -0.4 is 5.32 Å². The zero-order valence-corrected chi connectivity index (χ0v) is 13.2. The summed E-state index contributed by atoms with van der Waals surface area (Å²) in [6, 6.07) is 6.55. The van der Waals surface area contributed by atoms with Crippen molar-refractivity contribution in [3.63, 3.8) is 0 Å². The molecule has 0 fully saturated rings. The van der Waals surface area contributed by atoms with Crippen molar-refractivity contribution in [3.8, 4) is 0 Å². The Balaban J connectivity index is 1.96. The molecule has 0 aliphatic rings. The summed E-state index contributed by atoms with van der Waals surface area (Å²) in [5, 5.41) is 4.37. The number of hydrogen-bond donors (Lipinski definition) is 1. The maximum Gasteiger partial charge on any atom is 0.0621 e. The van der Waals surface area contributed by atoms with Gasteiger partial charge in [-0.1, -0.05) is 24.6 Å². The first-order chi connectivity index (χ1) is 10.3. The van der Waals surface area contributed by atoms with Crippen LogP contribution in [0.15, 0.2) is 43.0 Å². The largest absolute Gasteiger partial charge is 0.314 e. The third-order valence-corrected chi connectivity index (χ3v) is 3.85. The number of nitrogens with zero attached hydrogens (tertiary/aromatic N) is 2. The van der Waals surface area contributed by atoms with Crippen LogP contribution >= 0.6 is 11.6 Å². The highest BCUT2D eigenvalue weighted by atomic mass is 35.5. The average Bonchev–Trinajstić information content (AvgIpc) is 2.53. The Hall–Kier alpha value is -1.45.